The van der Waals surface area contributed by atoms with Gasteiger partial charge < -0.3 is 30.2 Å². The van der Waals surface area contributed by atoms with Crippen LogP contribution in [-0.4, -0.2) is 44.7 Å². The largest absolute Gasteiger partial charge is 0.465 e. The van der Waals surface area contributed by atoms with Crippen molar-refractivity contribution in [2.45, 2.75) is 58.7 Å². The molecule has 9 nitrogen and oxygen atoms in total. The molecular weight excluding hydrogens is 543 g/mol. The van der Waals surface area contributed by atoms with Crippen molar-refractivity contribution in [1.29, 1.82) is 0 Å². The average Bonchev–Trinajstić information content (AvgIpc) is 2.90. The molecule has 2 aromatic carbocycles. The predicted molar refractivity (Wildman–Crippen MR) is 148 cm³/mol. The predicted octanol–water partition coefficient (Wildman–Crippen LogP) is 6.02. The Kier molecular flexibility index (Phi) is 10.2. The molecule has 41 heavy (non-hydrogen) atoms. The van der Waals surface area contributed by atoms with Crippen LogP contribution >= 0.6 is 0 Å². The number of carbonyl (C=O) groups excluding carboxylic acids is 3. The number of nitrogens with one attached hydrogen (secondary N) is 1. The van der Waals surface area contributed by atoms with Crippen molar-refractivity contribution in [2.24, 2.45) is 11.8 Å². The van der Waals surface area contributed by atoms with Crippen molar-refractivity contribution in [2.75, 3.05) is 36.8 Å². The first kappa shape index (κ1) is 31.7. The van der Waals surface area contributed by atoms with Crippen molar-refractivity contribution in [3.05, 3.63) is 41.5 Å². The van der Waals surface area contributed by atoms with E-state index in [0.717, 1.165) is 31.7 Å². The molecule has 12 heteroatoms. The molecule has 0 saturated heterocycles. The van der Waals surface area contributed by atoms with Crippen molar-refractivity contribution < 1.29 is 41.8 Å². The molecule has 2 amide bonds. The fraction of sp³-hybridized carbons (Fsp3) is 0.483. The maximum absolute atomic E-state index is 13.9. The number of hydrogen-bond donors (Lipinski definition) is 2. The number of esters is 1. The van der Waals surface area contributed by atoms with Gasteiger partial charge in [-0.2, -0.15) is 13.2 Å². The van der Waals surface area contributed by atoms with Gasteiger partial charge in [-0.25, -0.2) is 4.79 Å². The summed E-state index contributed by atoms with van der Waals surface area (Å²) < 4.78 is 57.0. The number of nitrogens with two attached hydrogens (primary N) is 1. The van der Waals surface area contributed by atoms with Gasteiger partial charge in [0.25, 0.3) is 0 Å². The van der Waals surface area contributed by atoms with E-state index in [0.29, 0.717) is 12.0 Å². The summed E-state index contributed by atoms with van der Waals surface area (Å²) in [7, 11) is 2.46. The second-order valence-electron chi connectivity index (χ2n) is 10.4. The number of halogens is 3. The van der Waals surface area contributed by atoms with E-state index in [1.807, 2.05) is 13.8 Å². The number of nitrogens with zero attached hydrogens (tertiary/aromatic N) is 1. The first-order valence-electron chi connectivity index (χ1n) is 13.3. The number of carbonyl (C=O) groups is 3. The smallest absolute Gasteiger partial charge is 0.420 e. The van der Waals surface area contributed by atoms with Gasteiger partial charge in [0.05, 0.1) is 29.7 Å². The molecular formula is C29H36F3N3O6. The van der Waals surface area contributed by atoms with E-state index in [1.54, 1.807) is 0 Å². The SMILES string of the molecule is COCC(=O)Nc1cc(Oc2ccc(N(C(=O)C3CCC(C)CC3)C(C)C)c(C(=O)OC)c2)c(C(F)(F)F)cc1N. The van der Waals surface area contributed by atoms with E-state index in [9.17, 15) is 27.6 Å². The molecule has 3 rings (SSSR count). The molecule has 1 saturated carbocycles. The maximum atomic E-state index is 13.9. The highest BCUT2D eigenvalue weighted by Gasteiger charge is 2.36. The highest BCUT2D eigenvalue weighted by Crippen LogP contribution is 2.43. The van der Waals surface area contributed by atoms with E-state index in [-0.39, 0.29) is 52.8 Å². The van der Waals surface area contributed by atoms with Crippen LogP contribution < -0.4 is 20.7 Å². The van der Waals surface area contributed by atoms with Crippen LogP contribution in [-0.2, 0) is 25.2 Å². The number of nitrogen functional groups attached to an aromatic ring is 1. The zero-order valence-electron chi connectivity index (χ0n) is 23.8. The van der Waals surface area contributed by atoms with Gasteiger partial charge in [-0.15, -0.1) is 0 Å². The highest BCUT2D eigenvalue weighted by molar-refractivity contribution is 6.04. The summed E-state index contributed by atoms with van der Waals surface area (Å²) in [5.41, 5.74) is 4.37. The minimum atomic E-state index is -4.85. The van der Waals surface area contributed by atoms with E-state index < -0.39 is 29.4 Å². The standard InChI is InChI=1S/C29H36F3N3O6/c1-16(2)35(27(37)18-8-6-17(3)7-9-18)24-11-10-19(12-20(24)28(38)40-5)41-25-14-23(34-26(36)15-39-4)22(33)13-21(25)29(30,31)32/h10-14,16-18H,6-9,15,33H2,1-5H3,(H,34,36). The number of benzene rings is 2. The molecule has 1 aliphatic carbocycles. The third-order valence-corrected chi connectivity index (χ3v) is 6.99. The molecule has 0 bridgehead atoms. The molecule has 0 radical (unpaired) electrons. The highest BCUT2D eigenvalue weighted by atomic mass is 19.4. The van der Waals surface area contributed by atoms with Crippen LogP contribution in [0.4, 0.5) is 30.2 Å². The quantitative estimate of drug-likeness (QED) is 0.275. The van der Waals surface area contributed by atoms with Crippen molar-refractivity contribution >= 4 is 34.8 Å². The molecule has 1 fully saturated rings. The molecule has 224 valence electrons. The summed E-state index contributed by atoms with van der Waals surface area (Å²) in [4.78, 5) is 40.0. The van der Waals surface area contributed by atoms with E-state index in [4.69, 9.17) is 19.9 Å². The third-order valence-electron chi connectivity index (χ3n) is 6.99. The summed E-state index contributed by atoms with van der Waals surface area (Å²) in [6.07, 6.45) is -1.52. The number of anilines is 3. The third kappa shape index (κ3) is 7.69. The molecule has 0 atom stereocenters. The fourth-order valence-corrected chi connectivity index (χ4v) is 4.87. The summed E-state index contributed by atoms with van der Waals surface area (Å²) in [5, 5.41) is 2.38. The van der Waals surface area contributed by atoms with Crippen molar-refractivity contribution in [3.8, 4) is 11.5 Å². The topological polar surface area (TPSA) is 120 Å². The second-order valence-corrected chi connectivity index (χ2v) is 10.4. The Balaban J connectivity index is 2.04. The van der Waals surface area contributed by atoms with Gasteiger partial charge in [0.1, 0.15) is 23.7 Å². The van der Waals surface area contributed by atoms with Gasteiger partial charge in [-0.05, 0) is 69.7 Å². The lowest BCUT2D eigenvalue weighted by Crippen LogP contribution is -2.43. The van der Waals surface area contributed by atoms with Gasteiger partial charge in [0, 0.05) is 25.1 Å². The van der Waals surface area contributed by atoms with Crippen LogP contribution in [0.3, 0.4) is 0 Å². The Bertz CT molecular complexity index is 1270. The first-order chi connectivity index (χ1) is 19.3. The van der Waals surface area contributed by atoms with Crippen molar-refractivity contribution in [3.63, 3.8) is 0 Å². The minimum absolute atomic E-state index is 0.0474. The normalized spacial score (nSPS) is 17.2. The van der Waals surface area contributed by atoms with Gasteiger partial charge >= 0.3 is 12.1 Å². The molecule has 0 aliphatic heterocycles. The van der Waals surface area contributed by atoms with E-state index in [1.165, 1.54) is 37.3 Å². The number of hydrogen-bond acceptors (Lipinski definition) is 7. The minimum Gasteiger partial charge on any atom is -0.465 e. The van der Waals surface area contributed by atoms with Crippen LogP contribution in [0.5, 0.6) is 11.5 Å². The van der Waals surface area contributed by atoms with Gasteiger partial charge in [0.2, 0.25) is 11.8 Å². The maximum Gasteiger partial charge on any atom is 0.420 e. The van der Waals surface area contributed by atoms with Crippen LogP contribution in [0.15, 0.2) is 30.3 Å². The lowest BCUT2D eigenvalue weighted by molar-refractivity contribution is -0.138. The monoisotopic (exact) mass is 579 g/mol. The molecule has 0 unspecified atom stereocenters. The second kappa shape index (κ2) is 13.2. The zero-order chi connectivity index (χ0) is 30.5. The molecule has 1 aliphatic rings. The Morgan fingerprint density at radius 2 is 1.73 bits per heavy atom. The number of amides is 2. The molecule has 2 aromatic rings. The number of rotatable bonds is 9. The lowest BCUT2D eigenvalue weighted by atomic mass is 9.82. The molecule has 3 N–H and O–H groups in total. The van der Waals surface area contributed by atoms with Gasteiger partial charge in [-0.3, -0.25) is 9.59 Å². The molecule has 0 spiro atoms. The van der Waals surface area contributed by atoms with Gasteiger partial charge in [-0.1, -0.05) is 6.92 Å². The van der Waals surface area contributed by atoms with Gasteiger partial charge in [0.15, 0.2) is 0 Å². The Hall–Kier alpha value is -3.80. The summed E-state index contributed by atoms with van der Waals surface area (Å²) in [5.74, 6) is -1.99. The number of methoxy groups -OCH3 is 2. The molecule has 0 heterocycles. The van der Waals surface area contributed by atoms with Crippen LogP contribution in [0.1, 0.15) is 62.4 Å². The number of ether oxygens (including phenoxy) is 3. The zero-order valence-corrected chi connectivity index (χ0v) is 23.8. The fourth-order valence-electron chi connectivity index (χ4n) is 4.87. The summed E-state index contributed by atoms with van der Waals surface area (Å²) in [6, 6.07) is 5.34. The first-order valence-corrected chi connectivity index (χ1v) is 13.3. The Morgan fingerprint density at radius 3 is 2.29 bits per heavy atom. The number of alkyl halides is 3. The van der Waals surface area contributed by atoms with E-state index >= 15 is 0 Å². The average molecular weight is 580 g/mol. The van der Waals surface area contributed by atoms with E-state index in [2.05, 4.69) is 12.2 Å². The van der Waals surface area contributed by atoms with Crippen molar-refractivity contribution in [1.82, 2.24) is 0 Å². The Morgan fingerprint density at radius 1 is 1.07 bits per heavy atom. The van der Waals surface area contributed by atoms with Crippen LogP contribution in [0.2, 0.25) is 0 Å². The Labute approximate surface area is 237 Å². The lowest BCUT2D eigenvalue weighted by Gasteiger charge is -2.34. The summed E-state index contributed by atoms with van der Waals surface area (Å²) >= 11 is 0. The summed E-state index contributed by atoms with van der Waals surface area (Å²) in [6.45, 7) is 5.44. The van der Waals surface area contributed by atoms with Crippen LogP contribution in [0.25, 0.3) is 0 Å². The molecule has 0 aromatic heterocycles. The van der Waals surface area contributed by atoms with Crippen LogP contribution in [0, 0.1) is 11.8 Å².